The first-order valence-electron chi connectivity index (χ1n) is 46.1. The molecule has 33 heteroatoms. The number of hydrogen-bond donors (Lipinski definition) is 4. The van der Waals surface area contributed by atoms with Crippen molar-refractivity contribution < 1.29 is 110 Å². The lowest BCUT2D eigenvalue weighted by molar-refractivity contribution is -0.140. The molecular weight excluding hydrogens is 1760 g/mol. The summed E-state index contributed by atoms with van der Waals surface area (Å²) in [6.45, 7) is 22.4. The van der Waals surface area contributed by atoms with Crippen LogP contribution in [0, 0.1) is 6.92 Å². The molecule has 8 aliphatic heterocycles. The van der Waals surface area contributed by atoms with Gasteiger partial charge in [-0.3, -0.25) is 63.0 Å². The number of hydrogen-bond acceptors (Lipinski definition) is 29. The van der Waals surface area contributed by atoms with Crippen LogP contribution in [0.5, 0.6) is 34.5 Å². The molecule has 5 fully saturated rings. The molecule has 8 aliphatic rings. The van der Waals surface area contributed by atoms with Crippen molar-refractivity contribution in [2.24, 2.45) is 0 Å². The van der Waals surface area contributed by atoms with Gasteiger partial charge in [0.05, 0.1) is 114 Å². The summed E-state index contributed by atoms with van der Waals surface area (Å²) in [4.78, 5) is 130. The van der Waals surface area contributed by atoms with E-state index in [1.807, 2.05) is 55.5 Å². The van der Waals surface area contributed by atoms with Gasteiger partial charge in [-0.1, -0.05) is 116 Å². The predicted octanol–water partition coefficient (Wildman–Crippen LogP) is 12.7. The number of morpholine rings is 3. The third-order valence-corrected chi connectivity index (χ3v) is 25.5. The van der Waals surface area contributed by atoms with Crippen molar-refractivity contribution in [1.82, 2.24) is 49.2 Å². The lowest BCUT2D eigenvalue weighted by atomic mass is 9.94. The zero-order valence-corrected chi connectivity index (χ0v) is 77.8. The van der Waals surface area contributed by atoms with E-state index in [2.05, 4.69) is 43.4 Å². The fourth-order valence-electron chi connectivity index (χ4n) is 18.5. The second kappa shape index (κ2) is 45.5. The van der Waals surface area contributed by atoms with Crippen LogP contribution in [0.1, 0.15) is 117 Å². The van der Waals surface area contributed by atoms with Crippen molar-refractivity contribution in [1.29, 1.82) is 0 Å². The first-order valence-corrected chi connectivity index (χ1v) is 46.1. The first kappa shape index (κ1) is 97.5. The fraction of sp³-hybridized carbons (Fsp3) is 0.365. The van der Waals surface area contributed by atoms with Crippen LogP contribution in [-0.2, 0) is 43.0 Å². The number of aliphatic hydroxyl groups is 4. The highest BCUT2D eigenvalue weighted by Crippen LogP contribution is 2.48. The van der Waals surface area contributed by atoms with Gasteiger partial charge in [0.2, 0.25) is 11.6 Å². The molecule has 0 saturated carbocycles. The molecule has 4 N–H and O–H groups in total. The van der Waals surface area contributed by atoms with Crippen molar-refractivity contribution in [3.8, 4) is 34.5 Å². The number of furan rings is 2. The highest BCUT2D eigenvalue weighted by atomic mass is 16.6. The summed E-state index contributed by atoms with van der Waals surface area (Å²) in [5.74, 6) is -3.30. The molecule has 137 heavy (non-hydrogen) atoms. The third kappa shape index (κ3) is 21.6. The zero-order valence-electron chi connectivity index (χ0n) is 77.8. The Morgan fingerprint density at radius 2 is 0.920 bits per heavy atom. The van der Waals surface area contributed by atoms with Crippen molar-refractivity contribution in [2.45, 2.75) is 64.2 Å². The van der Waals surface area contributed by atoms with Gasteiger partial charge in [-0.2, -0.15) is 0 Å². The molecule has 4 amide bonds. The SMILES string of the molecule is CCN(CC)CCCN1C(=O)C(O)=C(C(=O)c2cc3cccc(OC)c3o2)C1c1ccccn1.COc1cccc(C2C(=C(O)c3ccccc3)C(=O)C(=O)N2CCCN2CCOCC2)c1OC.COc1cccc2cc(C(=O)C3=C(O)C(=O)N(CCN4CCOCC4)C3c3cccc(C)c3)oc12.O=C1C(=O)N(CCCN2CCOCC2)C(c2ccncc2)C1=C(O)c1ccc2c(c1)OCCO2. The monoisotopic (exact) mass is 1870 g/mol. The van der Waals surface area contributed by atoms with Crippen LogP contribution in [0.2, 0.25) is 0 Å². The van der Waals surface area contributed by atoms with E-state index in [1.54, 1.807) is 150 Å². The van der Waals surface area contributed by atoms with E-state index >= 15 is 0 Å². The Hall–Kier alpha value is -14.1. The second-order valence-electron chi connectivity index (χ2n) is 33.7. The Kier molecular flexibility index (Phi) is 32.4. The van der Waals surface area contributed by atoms with Gasteiger partial charge in [-0.25, -0.2) is 0 Å². The minimum Gasteiger partial charge on any atom is -0.507 e. The number of aromatic nitrogens is 2. The third-order valence-electron chi connectivity index (χ3n) is 25.5. The zero-order chi connectivity index (χ0) is 96.3. The minimum atomic E-state index is -0.798. The average Bonchev–Trinajstić information content (AvgIpc) is 1.62. The van der Waals surface area contributed by atoms with Crippen LogP contribution in [-0.4, -0.2) is 302 Å². The van der Waals surface area contributed by atoms with Crippen molar-refractivity contribution in [2.75, 3.05) is 186 Å². The fourth-order valence-corrected chi connectivity index (χ4v) is 18.5. The standard InChI is InChI=1S/C27H28N2O6.C26H29N3O5.C26H30N2O6.C25H27N3O6/c1-17-5-3-6-18(15-17)23-22(24(30)21-16-19-7-4-8-20(33-2)26(19)35-21)25(31)27(32)29(23)10-9-28-11-13-34-14-12-28;1-4-28(5-2)14-9-15-29-22(18-11-6-7-13-27-18)21(24(31)26(29)32)23(30)20-16-17-10-8-12-19(33-3)25(17)34-20;1-32-20-11-6-10-19(25(20)33-2)22-21(23(29)18-8-4-3-5-9-18)24(30)26(31)28(22)13-7-12-27-14-16-34-17-15-27;29-23(18-2-3-19-20(16-18)34-15-14-33-19)21-22(17-4-6-26-7-5-17)28(25(31)24(21)30)9-1-8-27-10-12-32-13-11-27/h3-8,15-16,23,31H,9-14H2,1-2H3;6-8,10-13,16,22,31H,4-5,9,14-15H2,1-3H3;3-6,8-11,22,29H,7,12-17H2,1-2H3;2-7,16,22,29H,1,8-15H2. The molecule has 4 atom stereocenters. The summed E-state index contributed by atoms with van der Waals surface area (Å²) in [5, 5.41) is 45.6. The maximum absolute atomic E-state index is 13.7. The maximum atomic E-state index is 13.7. The van der Waals surface area contributed by atoms with Gasteiger partial charge in [0.25, 0.3) is 35.2 Å². The molecule has 0 bridgehead atoms. The van der Waals surface area contributed by atoms with Gasteiger partial charge in [0, 0.05) is 131 Å². The van der Waals surface area contributed by atoms with Crippen LogP contribution in [0.25, 0.3) is 33.5 Å². The van der Waals surface area contributed by atoms with Gasteiger partial charge < -0.3 is 96.4 Å². The summed E-state index contributed by atoms with van der Waals surface area (Å²) >= 11 is 0. The first-order chi connectivity index (χ1) is 66.7. The number of aryl methyl sites for hydroxylation is 1. The minimum absolute atomic E-state index is 0.0236. The number of carbonyl (C=O) groups excluding carboxylic acids is 8. The van der Waals surface area contributed by atoms with E-state index in [9.17, 15) is 58.8 Å². The second-order valence-corrected chi connectivity index (χ2v) is 33.7. The topological polar surface area (TPSA) is 379 Å². The molecule has 4 aromatic heterocycles. The van der Waals surface area contributed by atoms with Gasteiger partial charge in [-0.05, 0) is 130 Å². The van der Waals surface area contributed by atoms with Crippen LogP contribution in [0.3, 0.4) is 0 Å². The molecule has 5 saturated heterocycles. The van der Waals surface area contributed by atoms with Gasteiger partial charge in [-0.15, -0.1) is 0 Å². The lowest BCUT2D eigenvalue weighted by Gasteiger charge is -2.31. The van der Waals surface area contributed by atoms with E-state index < -0.39 is 82.4 Å². The number of Topliss-reactive ketones (excluding diaryl/α,β-unsaturated/α-hetero) is 4. The number of pyridine rings is 2. The summed E-state index contributed by atoms with van der Waals surface area (Å²) in [7, 11) is 6.10. The van der Waals surface area contributed by atoms with Gasteiger partial charge in [0.1, 0.15) is 30.8 Å². The molecule has 6 aromatic carbocycles. The number of ketones is 4. The molecular formula is C104H114N10O23. The van der Waals surface area contributed by atoms with Crippen molar-refractivity contribution in [3.63, 3.8) is 0 Å². The highest BCUT2D eigenvalue weighted by Gasteiger charge is 2.51. The quantitative estimate of drug-likeness (QED) is 0.0136. The molecule has 33 nitrogen and oxygen atoms in total. The van der Waals surface area contributed by atoms with Crippen molar-refractivity contribution >= 4 is 80.2 Å². The van der Waals surface area contributed by atoms with E-state index in [4.69, 9.17) is 51.5 Å². The number of rotatable bonds is 31. The maximum Gasteiger partial charge on any atom is 0.295 e. The Bertz CT molecular complexity index is 6150. The predicted molar refractivity (Wildman–Crippen MR) is 507 cm³/mol. The normalized spacial score (nSPS) is 19.5. The Morgan fingerprint density at radius 3 is 1.46 bits per heavy atom. The number of nitrogens with zero attached hydrogens (tertiary/aromatic N) is 10. The molecule has 12 heterocycles. The number of carbonyl (C=O) groups is 8. The van der Waals surface area contributed by atoms with Crippen LogP contribution in [0.15, 0.2) is 231 Å². The van der Waals surface area contributed by atoms with Crippen LogP contribution >= 0.6 is 0 Å². The molecule has 718 valence electrons. The molecule has 10 aromatic rings. The number of ether oxygens (including phenoxy) is 9. The summed E-state index contributed by atoms with van der Waals surface area (Å²) in [6.07, 6.45) is 6.94. The number of likely N-dealkylation sites (tertiary alicyclic amines) is 2. The van der Waals surface area contributed by atoms with E-state index in [0.717, 1.165) is 88.7 Å². The van der Waals surface area contributed by atoms with E-state index in [0.29, 0.717) is 184 Å². The molecule has 0 spiro atoms. The van der Waals surface area contributed by atoms with Gasteiger partial charge in [0.15, 0.2) is 68.7 Å². The smallest absolute Gasteiger partial charge is 0.295 e. The molecule has 0 aliphatic carbocycles. The molecule has 4 unspecified atom stereocenters. The highest BCUT2D eigenvalue weighted by molar-refractivity contribution is 6.47. The number of methoxy groups -OCH3 is 4. The number of para-hydroxylation sites is 3. The molecule has 18 rings (SSSR count). The van der Waals surface area contributed by atoms with Gasteiger partial charge >= 0.3 is 0 Å². The Balaban J connectivity index is 0.000000139. The Labute approximate surface area is 793 Å². The summed E-state index contributed by atoms with van der Waals surface area (Å²) in [6, 6.07) is 46.6. The largest absolute Gasteiger partial charge is 0.507 e. The number of amides is 4. The molecule has 0 radical (unpaired) electrons. The average molecular weight is 1870 g/mol. The number of aliphatic hydroxyl groups excluding tert-OH is 4. The number of benzene rings is 6. The van der Waals surface area contributed by atoms with E-state index in [-0.39, 0.29) is 45.3 Å². The van der Waals surface area contributed by atoms with Crippen LogP contribution < -0.4 is 28.4 Å². The summed E-state index contributed by atoms with van der Waals surface area (Å²) in [5.41, 5.74) is 5.46. The van der Waals surface area contributed by atoms with Crippen LogP contribution in [0.4, 0.5) is 0 Å². The lowest BCUT2D eigenvalue weighted by Crippen LogP contribution is -2.43. The number of fused-ring (bicyclic) bond motifs is 3. The van der Waals surface area contributed by atoms with Crippen molar-refractivity contribution in [3.05, 3.63) is 273 Å². The summed E-state index contributed by atoms with van der Waals surface area (Å²) < 4.78 is 60.9. The van der Waals surface area contributed by atoms with E-state index in [1.165, 1.54) is 38.2 Å². The Morgan fingerprint density at radius 1 is 0.431 bits per heavy atom.